The van der Waals surface area contributed by atoms with Crippen molar-refractivity contribution in [2.24, 2.45) is 0 Å². The summed E-state index contributed by atoms with van der Waals surface area (Å²) in [5, 5.41) is 12.1. The number of aromatic nitrogens is 1. The molecule has 1 atom stereocenters. The van der Waals surface area contributed by atoms with Gasteiger partial charge in [-0.2, -0.15) is 0 Å². The molecule has 4 aromatic rings. The average molecular weight is 475 g/mol. The molecule has 6 rings (SSSR count). The number of hydrogen-bond donors (Lipinski definition) is 1. The van der Waals surface area contributed by atoms with E-state index in [1.807, 2.05) is 30.3 Å². The fourth-order valence-corrected chi connectivity index (χ4v) is 5.71. The summed E-state index contributed by atoms with van der Waals surface area (Å²) >= 11 is 6.01. The van der Waals surface area contributed by atoms with Crippen LogP contribution in [0.5, 0.6) is 11.5 Å². The molecule has 0 amide bonds. The van der Waals surface area contributed by atoms with E-state index in [1.165, 1.54) is 27.8 Å². The van der Waals surface area contributed by atoms with Gasteiger partial charge in [0.05, 0.1) is 12.6 Å². The molecule has 0 spiro atoms. The van der Waals surface area contributed by atoms with Crippen molar-refractivity contribution in [2.75, 3.05) is 13.7 Å². The lowest BCUT2D eigenvalue weighted by molar-refractivity contribution is 0.145. The molecule has 2 aliphatic rings. The van der Waals surface area contributed by atoms with Gasteiger partial charge < -0.3 is 19.1 Å². The van der Waals surface area contributed by atoms with E-state index in [2.05, 4.69) is 39.8 Å². The van der Waals surface area contributed by atoms with E-state index in [9.17, 15) is 5.11 Å². The van der Waals surface area contributed by atoms with E-state index in [1.54, 1.807) is 7.11 Å². The molecule has 0 saturated carbocycles. The van der Waals surface area contributed by atoms with E-state index in [0.717, 1.165) is 53.5 Å². The number of benzene rings is 3. The number of aliphatic hydroxyl groups is 1. The normalized spacial score (nSPS) is 17.2. The molecule has 0 radical (unpaired) electrons. The van der Waals surface area contributed by atoms with Crippen LogP contribution in [0.4, 0.5) is 0 Å². The van der Waals surface area contributed by atoms with Gasteiger partial charge in [-0.25, -0.2) is 0 Å². The first kappa shape index (κ1) is 21.5. The summed E-state index contributed by atoms with van der Waals surface area (Å²) in [6, 6.07) is 20.7. The second-order valence-electron chi connectivity index (χ2n) is 9.07. The van der Waals surface area contributed by atoms with Crippen molar-refractivity contribution in [1.82, 2.24) is 9.47 Å². The molecule has 2 aliphatic heterocycles. The molecule has 1 unspecified atom stereocenters. The van der Waals surface area contributed by atoms with Crippen molar-refractivity contribution in [1.29, 1.82) is 0 Å². The van der Waals surface area contributed by atoms with Crippen molar-refractivity contribution in [3.8, 4) is 11.5 Å². The highest BCUT2D eigenvalue weighted by Crippen LogP contribution is 2.44. The fraction of sp³-hybridized carbons (Fsp3) is 0.286. The molecule has 6 heteroatoms. The lowest BCUT2D eigenvalue weighted by Crippen LogP contribution is -2.39. The molecule has 174 valence electrons. The summed E-state index contributed by atoms with van der Waals surface area (Å²) in [6.45, 7) is 2.29. The van der Waals surface area contributed by atoms with Gasteiger partial charge in [0.15, 0.2) is 11.5 Å². The Labute approximate surface area is 204 Å². The number of hydrogen-bond acceptors (Lipinski definition) is 4. The Morgan fingerprint density at radius 3 is 2.68 bits per heavy atom. The first-order chi connectivity index (χ1) is 16.7. The second kappa shape index (κ2) is 8.66. The highest BCUT2D eigenvalue weighted by atomic mass is 35.5. The summed E-state index contributed by atoms with van der Waals surface area (Å²) in [6.07, 6.45) is 1.88. The van der Waals surface area contributed by atoms with Gasteiger partial charge in [-0.05, 0) is 65.4 Å². The number of halogens is 1. The van der Waals surface area contributed by atoms with Crippen LogP contribution in [0.25, 0.3) is 10.9 Å². The minimum absolute atomic E-state index is 0.00703. The van der Waals surface area contributed by atoms with E-state index < -0.39 is 0 Å². The number of para-hydroxylation sites is 1. The summed E-state index contributed by atoms with van der Waals surface area (Å²) in [5.74, 6) is 1.54. The van der Waals surface area contributed by atoms with Crippen molar-refractivity contribution >= 4 is 22.5 Å². The number of aliphatic hydroxyl groups excluding tert-OH is 1. The number of fused-ring (bicyclic) bond motifs is 6. The summed E-state index contributed by atoms with van der Waals surface area (Å²) in [7, 11) is 1.70. The number of nitrogens with zero attached hydrogens (tertiary/aromatic N) is 2. The van der Waals surface area contributed by atoms with Gasteiger partial charge in [0.25, 0.3) is 0 Å². The molecule has 5 nitrogen and oxygen atoms in total. The smallest absolute Gasteiger partial charge is 0.161 e. The predicted molar refractivity (Wildman–Crippen MR) is 133 cm³/mol. The Hall–Kier alpha value is -2.99. The standard InChI is InChI=1S/C28H27ClN2O3/c1-33-27-14-22-19(12-28(27)34-16-18-6-8-20(29)9-7-18)10-11-30-15-26-23(13-25(22)30)21-4-2-3-5-24(21)31(26)17-32/h2-9,12,14,25,32H,10-11,13,15-17H2,1H3. The minimum Gasteiger partial charge on any atom is -0.493 e. The molecule has 1 aromatic heterocycles. The predicted octanol–water partition coefficient (Wildman–Crippen LogP) is 5.49. The Balaban J connectivity index is 1.34. The minimum atomic E-state index is 0.00703. The van der Waals surface area contributed by atoms with Crippen LogP contribution < -0.4 is 9.47 Å². The third kappa shape index (κ3) is 3.56. The molecule has 0 bridgehead atoms. The van der Waals surface area contributed by atoms with Crippen molar-refractivity contribution in [2.45, 2.75) is 38.8 Å². The number of ether oxygens (including phenoxy) is 2. The monoisotopic (exact) mass is 474 g/mol. The second-order valence-corrected chi connectivity index (χ2v) is 9.51. The SMILES string of the molecule is COc1cc2c(cc1OCc1ccc(Cl)cc1)CCN1Cc3c(c4ccccc4n3CO)CC21. The Morgan fingerprint density at radius 2 is 1.88 bits per heavy atom. The largest absolute Gasteiger partial charge is 0.493 e. The summed E-state index contributed by atoms with van der Waals surface area (Å²) in [5.41, 5.74) is 7.39. The van der Waals surface area contributed by atoms with Crippen molar-refractivity contribution in [3.05, 3.63) is 93.6 Å². The van der Waals surface area contributed by atoms with Crippen LogP contribution in [-0.4, -0.2) is 28.2 Å². The van der Waals surface area contributed by atoms with Crippen LogP contribution in [0.1, 0.15) is 34.0 Å². The van der Waals surface area contributed by atoms with Gasteiger partial charge in [0.1, 0.15) is 13.3 Å². The maximum Gasteiger partial charge on any atom is 0.161 e. The van der Waals surface area contributed by atoms with Crippen LogP contribution in [0, 0.1) is 0 Å². The first-order valence-electron chi connectivity index (χ1n) is 11.7. The third-order valence-corrected chi connectivity index (χ3v) is 7.54. The summed E-state index contributed by atoms with van der Waals surface area (Å²) in [4.78, 5) is 2.53. The highest BCUT2D eigenvalue weighted by molar-refractivity contribution is 6.30. The maximum atomic E-state index is 10.1. The first-order valence-corrected chi connectivity index (χ1v) is 12.1. The van der Waals surface area contributed by atoms with Gasteiger partial charge in [-0.3, -0.25) is 4.90 Å². The lowest BCUT2D eigenvalue weighted by atomic mass is 9.85. The van der Waals surface area contributed by atoms with Gasteiger partial charge in [-0.15, -0.1) is 0 Å². The van der Waals surface area contributed by atoms with E-state index >= 15 is 0 Å². The Bertz CT molecular complexity index is 1360. The van der Waals surface area contributed by atoms with Gasteiger partial charge in [0.2, 0.25) is 0 Å². The highest BCUT2D eigenvalue weighted by Gasteiger charge is 2.35. The third-order valence-electron chi connectivity index (χ3n) is 7.29. The van der Waals surface area contributed by atoms with Crippen molar-refractivity contribution in [3.63, 3.8) is 0 Å². The Morgan fingerprint density at radius 1 is 1.06 bits per heavy atom. The van der Waals surface area contributed by atoms with Gasteiger partial charge in [-0.1, -0.05) is 41.9 Å². The fourth-order valence-electron chi connectivity index (χ4n) is 5.59. The average Bonchev–Trinajstić information content (AvgIpc) is 3.19. The van der Waals surface area contributed by atoms with Crippen LogP contribution in [0.15, 0.2) is 60.7 Å². The van der Waals surface area contributed by atoms with E-state index in [-0.39, 0.29) is 12.8 Å². The zero-order valence-electron chi connectivity index (χ0n) is 19.1. The lowest BCUT2D eigenvalue weighted by Gasteiger charge is -2.41. The summed E-state index contributed by atoms with van der Waals surface area (Å²) < 4.78 is 14.0. The van der Waals surface area contributed by atoms with Gasteiger partial charge >= 0.3 is 0 Å². The molecule has 34 heavy (non-hydrogen) atoms. The molecule has 1 N–H and O–H groups in total. The van der Waals surface area contributed by atoms with Crippen LogP contribution in [0.2, 0.25) is 5.02 Å². The quantitative estimate of drug-likeness (QED) is 0.415. The van der Waals surface area contributed by atoms with E-state index in [0.29, 0.717) is 6.61 Å². The maximum absolute atomic E-state index is 10.1. The molecule has 0 aliphatic carbocycles. The molecule has 3 aromatic carbocycles. The van der Waals surface area contributed by atoms with E-state index in [4.69, 9.17) is 21.1 Å². The number of rotatable bonds is 5. The number of methoxy groups -OCH3 is 1. The zero-order chi connectivity index (χ0) is 23.2. The topological polar surface area (TPSA) is 46.9 Å². The molecule has 3 heterocycles. The molecular weight excluding hydrogens is 448 g/mol. The van der Waals surface area contributed by atoms with Crippen molar-refractivity contribution < 1.29 is 14.6 Å². The molecule has 0 fully saturated rings. The zero-order valence-corrected chi connectivity index (χ0v) is 19.9. The van der Waals surface area contributed by atoms with Crippen LogP contribution >= 0.6 is 11.6 Å². The van der Waals surface area contributed by atoms with Crippen LogP contribution in [-0.2, 0) is 32.7 Å². The van der Waals surface area contributed by atoms with Crippen LogP contribution in [0.3, 0.4) is 0 Å². The molecular formula is C28H27ClN2O3. The van der Waals surface area contributed by atoms with Gasteiger partial charge in [0, 0.05) is 35.2 Å². The molecule has 0 saturated heterocycles. The Kier molecular flexibility index (Phi) is 5.48.